The molecule has 4 nitrogen and oxygen atoms in total. The van der Waals surface area contributed by atoms with Crippen LogP contribution in [0.1, 0.15) is 12.2 Å². The molecule has 1 atom stereocenters. The van der Waals surface area contributed by atoms with Gasteiger partial charge in [-0.2, -0.15) is 0 Å². The summed E-state index contributed by atoms with van der Waals surface area (Å²) < 4.78 is 2.26. The van der Waals surface area contributed by atoms with E-state index >= 15 is 0 Å². The number of hydrogen-bond acceptors (Lipinski definition) is 3. The van der Waals surface area contributed by atoms with E-state index in [2.05, 4.69) is 26.0 Å². The van der Waals surface area contributed by atoms with Crippen molar-refractivity contribution in [1.29, 1.82) is 0 Å². The van der Waals surface area contributed by atoms with Crippen molar-refractivity contribution < 1.29 is 0 Å². The highest BCUT2D eigenvalue weighted by Crippen LogP contribution is 2.16. The summed E-state index contributed by atoms with van der Waals surface area (Å²) in [6.07, 6.45) is 5.28. The van der Waals surface area contributed by atoms with Crippen LogP contribution in [0.3, 0.4) is 0 Å². The SMILES string of the molecule is c1cn2c(n1)CN(C1CCNC1)CC2. The molecule has 3 rings (SSSR count). The molecule has 1 aromatic rings. The lowest BCUT2D eigenvalue weighted by molar-refractivity contribution is 0.162. The van der Waals surface area contributed by atoms with Crippen LogP contribution in [0.25, 0.3) is 0 Å². The van der Waals surface area contributed by atoms with Crippen molar-refractivity contribution in [1.82, 2.24) is 19.8 Å². The predicted molar refractivity (Wildman–Crippen MR) is 53.9 cm³/mol. The molecule has 4 heteroatoms. The first-order valence-corrected chi connectivity index (χ1v) is 5.38. The van der Waals surface area contributed by atoms with Crippen molar-refractivity contribution in [2.75, 3.05) is 19.6 Å². The second kappa shape index (κ2) is 3.37. The van der Waals surface area contributed by atoms with Crippen LogP contribution in [0.5, 0.6) is 0 Å². The van der Waals surface area contributed by atoms with E-state index in [0.717, 1.165) is 25.7 Å². The van der Waals surface area contributed by atoms with Crippen molar-refractivity contribution in [2.45, 2.75) is 25.6 Å². The van der Waals surface area contributed by atoms with Gasteiger partial charge in [0, 0.05) is 38.1 Å². The quantitative estimate of drug-likeness (QED) is 0.683. The second-order valence-corrected chi connectivity index (χ2v) is 4.15. The Balaban J connectivity index is 1.74. The molecular formula is C10H16N4. The number of nitrogens with zero attached hydrogens (tertiary/aromatic N) is 3. The van der Waals surface area contributed by atoms with E-state index in [1.165, 1.54) is 25.3 Å². The number of aromatic nitrogens is 2. The van der Waals surface area contributed by atoms with Crippen LogP contribution in [0.2, 0.25) is 0 Å². The summed E-state index contributed by atoms with van der Waals surface area (Å²) in [4.78, 5) is 6.94. The van der Waals surface area contributed by atoms with E-state index in [1.54, 1.807) is 0 Å². The van der Waals surface area contributed by atoms with Crippen LogP contribution in [0.15, 0.2) is 12.4 Å². The number of rotatable bonds is 1. The highest BCUT2D eigenvalue weighted by atomic mass is 15.3. The molecule has 0 aromatic carbocycles. The highest BCUT2D eigenvalue weighted by molar-refractivity contribution is 4.97. The number of nitrogens with one attached hydrogen (secondary N) is 1. The van der Waals surface area contributed by atoms with Crippen LogP contribution in [0, 0.1) is 0 Å². The molecule has 0 amide bonds. The third-order valence-electron chi connectivity index (χ3n) is 3.33. The van der Waals surface area contributed by atoms with Crippen LogP contribution >= 0.6 is 0 Å². The van der Waals surface area contributed by atoms with Gasteiger partial charge >= 0.3 is 0 Å². The zero-order valence-corrected chi connectivity index (χ0v) is 8.32. The molecule has 1 aromatic heterocycles. The van der Waals surface area contributed by atoms with Gasteiger partial charge in [0.05, 0.1) is 6.54 Å². The van der Waals surface area contributed by atoms with Crippen LogP contribution in [-0.4, -0.2) is 40.1 Å². The summed E-state index contributed by atoms with van der Waals surface area (Å²) in [7, 11) is 0. The number of fused-ring (bicyclic) bond motifs is 1. The molecule has 1 saturated heterocycles. The maximum atomic E-state index is 4.38. The molecule has 3 heterocycles. The normalized spacial score (nSPS) is 27.9. The Bertz CT molecular complexity index is 314. The fraction of sp³-hybridized carbons (Fsp3) is 0.700. The van der Waals surface area contributed by atoms with E-state index in [1.807, 2.05) is 6.20 Å². The zero-order chi connectivity index (χ0) is 9.38. The van der Waals surface area contributed by atoms with E-state index in [0.29, 0.717) is 0 Å². The molecule has 0 aliphatic carbocycles. The van der Waals surface area contributed by atoms with Crippen molar-refractivity contribution in [3.05, 3.63) is 18.2 Å². The van der Waals surface area contributed by atoms with Crippen molar-refractivity contribution in [3.63, 3.8) is 0 Å². The van der Waals surface area contributed by atoms with Gasteiger partial charge in [0.1, 0.15) is 5.82 Å². The lowest BCUT2D eigenvalue weighted by atomic mass is 10.2. The van der Waals surface area contributed by atoms with Crippen molar-refractivity contribution >= 4 is 0 Å². The minimum Gasteiger partial charge on any atom is -0.333 e. The Morgan fingerprint density at radius 3 is 3.29 bits per heavy atom. The topological polar surface area (TPSA) is 33.1 Å². The van der Waals surface area contributed by atoms with Gasteiger partial charge in [-0.25, -0.2) is 4.98 Å². The molecule has 1 N–H and O–H groups in total. The van der Waals surface area contributed by atoms with Gasteiger partial charge in [0.15, 0.2) is 0 Å². The van der Waals surface area contributed by atoms with Crippen LogP contribution < -0.4 is 5.32 Å². The fourth-order valence-corrected chi connectivity index (χ4v) is 2.45. The van der Waals surface area contributed by atoms with E-state index in [9.17, 15) is 0 Å². The summed E-state index contributed by atoms with van der Waals surface area (Å²) >= 11 is 0. The van der Waals surface area contributed by atoms with Gasteiger partial charge in [0.2, 0.25) is 0 Å². The van der Waals surface area contributed by atoms with Gasteiger partial charge in [-0.1, -0.05) is 0 Å². The van der Waals surface area contributed by atoms with E-state index < -0.39 is 0 Å². The first kappa shape index (κ1) is 8.44. The first-order valence-electron chi connectivity index (χ1n) is 5.38. The largest absolute Gasteiger partial charge is 0.333 e. The molecular weight excluding hydrogens is 176 g/mol. The Kier molecular flexibility index (Phi) is 2.03. The summed E-state index contributed by atoms with van der Waals surface area (Å²) in [5, 5.41) is 3.42. The van der Waals surface area contributed by atoms with Crippen LogP contribution in [0.4, 0.5) is 0 Å². The maximum Gasteiger partial charge on any atom is 0.122 e. The molecule has 2 aliphatic rings. The summed E-state index contributed by atoms with van der Waals surface area (Å²) in [5.74, 6) is 1.23. The van der Waals surface area contributed by atoms with Gasteiger partial charge in [-0.15, -0.1) is 0 Å². The molecule has 0 saturated carbocycles. The molecule has 0 spiro atoms. The summed E-state index contributed by atoms with van der Waals surface area (Å²) in [6, 6.07) is 0.737. The Morgan fingerprint density at radius 1 is 1.43 bits per heavy atom. The lowest BCUT2D eigenvalue weighted by Gasteiger charge is -2.32. The third kappa shape index (κ3) is 1.35. The smallest absolute Gasteiger partial charge is 0.122 e. The number of imidazole rings is 1. The molecule has 0 bridgehead atoms. The molecule has 76 valence electrons. The minimum atomic E-state index is 0.737. The van der Waals surface area contributed by atoms with E-state index in [4.69, 9.17) is 0 Å². The standard InChI is InChI=1S/C10H16N4/c1-2-11-7-9(1)14-6-5-13-4-3-12-10(13)8-14/h3-4,9,11H,1-2,5-8H2. The predicted octanol–water partition coefficient (Wildman–Crippen LogP) is 0.0606. The van der Waals surface area contributed by atoms with E-state index in [-0.39, 0.29) is 0 Å². The Labute approximate surface area is 83.9 Å². The molecule has 1 unspecified atom stereocenters. The fourth-order valence-electron chi connectivity index (χ4n) is 2.45. The molecule has 1 fully saturated rings. The lowest BCUT2D eigenvalue weighted by Crippen LogP contribution is -2.42. The molecule has 0 radical (unpaired) electrons. The van der Waals surface area contributed by atoms with Gasteiger partial charge in [0.25, 0.3) is 0 Å². The van der Waals surface area contributed by atoms with Crippen molar-refractivity contribution in [3.8, 4) is 0 Å². The van der Waals surface area contributed by atoms with Gasteiger partial charge < -0.3 is 9.88 Å². The summed E-state index contributed by atoms with van der Waals surface area (Å²) in [5.41, 5.74) is 0. The monoisotopic (exact) mass is 192 g/mol. The molecule has 2 aliphatic heterocycles. The second-order valence-electron chi connectivity index (χ2n) is 4.15. The van der Waals surface area contributed by atoms with Crippen LogP contribution in [-0.2, 0) is 13.1 Å². The highest BCUT2D eigenvalue weighted by Gasteiger charge is 2.25. The number of hydrogen-bond donors (Lipinski definition) is 1. The Hall–Kier alpha value is -0.870. The minimum absolute atomic E-state index is 0.737. The average Bonchev–Trinajstić information content (AvgIpc) is 2.88. The molecule has 14 heavy (non-hydrogen) atoms. The first-order chi connectivity index (χ1) is 6.93. The van der Waals surface area contributed by atoms with Gasteiger partial charge in [-0.05, 0) is 13.0 Å². The zero-order valence-electron chi connectivity index (χ0n) is 8.32. The third-order valence-corrected chi connectivity index (χ3v) is 3.33. The Morgan fingerprint density at radius 2 is 2.43 bits per heavy atom. The average molecular weight is 192 g/mol. The summed E-state index contributed by atoms with van der Waals surface area (Å²) in [6.45, 7) is 5.64. The van der Waals surface area contributed by atoms with Crippen molar-refractivity contribution in [2.24, 2.45) is 0 Å². The van der Waals surface area contributed by atoms with Gasteiger partial charge in [-0.3, -0.25) is 4.90 Å². The maximum absolute atomic E-state index is 4.38.